The van der Waals surface area contributed by atoms with Crippen molar-refractivity contribution in [1.82, 2.24) is 4.90 Å². The van der Waals surface area contributed by atoms with Crippen molar-refractivity contribution in [3.8, 4) is 5.75 Å². The van der Waals surface area contributed by atoms with E-state index in [1.165, 1.54) is 11.0 Å². The number of hydrogen-bond acceptors (Lipinski definition) is 2. The maximum atomic E-state index is 12.4. The summed E-state index contributed by atoms with van der Waals surface area (Å²) in [6.07, 6.45) is 0. The highest BCUT2D eigenvalue weighted by Gasteiger charge is 2.16. The van der Waals surface area contributed by atoms with Gasteiger partial charge in [0.15, 0.2) is 0 Å². The summed E-state index contributed by atoms with van der Waals surface area (Å²) in [6.45, 7) is 2.27. The molecule has 0 saturated heterocycles. The van der Waals surface area contributed by atoms with Crippen LogP contribution in [0.4, 0.5) is 0 Å². The molecule has 0 saturated carbocycles. The summed E-state index contributed by atoms with van der Waals surface area (Å²) < 4.78 is 0. The number of benzene rings is 2. The van der Waals surface area contributed by atoms with Crippen LogP contribution >= 0.6 is 11.6 Å². The maximum Gasteiger partial charge on any atom is 0.257 e. The molecule has 20 heavy (non-hydrogen) atoms. The number of carbonyl (C=O) groups excluding carboxylic acids is 1. The lowest BCUT2D eigenvalue weighted by Gasteiger charge is -2.19. The topological polar surface area (TPSA) is 40.5 Å². The van der Waals surface area contributed by atoms with E-state index in [0.29, 0.717) is 17.1 Å². The lowest BCUT2D eigenvalue weighted by atomic mass is 10.1. The Hall–Kier alpha value is -2.00. The number of phenolic OH excluding ortho intramolecular Hbond substituents is 1. The molecule has 0 bridgehead atoms. The molecular formula is C16H16ClNO2. The summed E-state index contributed by atoms with van der Waals surface area (Å²) in [7, 11) is 1.69. The van der Waals surface area contributed by atoms with Crippen LogP contribution < -0.4 is 0 Å². The van der Waals surface area contributed by atoms with Gasteiger partial charge in [0.1, 0.15) is 5.75 Å². The van der Waals surface area contributed by atoms with E-state index in [2.05, 4.69) is 0 Å². The van der Waals surface area contributed by atoms with Crippen LogP contribution in [-0.2, 0) is 6.54 Å². The third kappa shape index (κ3) is 3.11. The van der Waals surface area contributed by atoms with Crippen LogP contribution in [0.15, 0.2) is 42.5 Å². The van der Waals surface area contributed by atoms with Gasteiger partial charge in [0.25, 0.3) is 5.91 Å². The molecule has 0 unspecified atom stereocenters. The molecule has 2 aromatic carbocycles. The number of phenols is 1. The minimum absolute atomic E-state index is 0.00777. The first-order valence-corrected chi connectivity index (χ1v) is 6.65. The average molecular weight is 290 g/mol. The van der Waals surface area contributed by atoms with Crippen molar-refractivity contribution in [3.63, 3.8) is 0 Å². The molecule has 0 radical (unpaired) electrons. The third-order valence-corrected chi connectivity index (χ3v) is 3.46. The van der Waals surface area contributed by atoms with E-state index in [4.69, 9.17) is 11.6 Å². The van der Waals surface area contributed by atoms with Crippen LogP contribution in [-0.4, -0.2) is 23.0 Å². The van der Waals surface area contributed by atoms with Crippen LogP contribution in [0.3, 0.4) is 0 Å². The van der Waals surface area contributed by atoms with E-state index >= 15 is 0 Å². The van der Waals surface area contributed by atoms with E-state index < -0.39 is 0 Å². The van der Waals surface area contributed by atoms with Crippen molar-refractivity contribution in [3.05, 3.63) is 64.2 Å². The van der Waals surface area contributed by atoms with Crippen molar-refractivity contribution < 1.29 is 9.90 Å². The molecule has 2 aromatic rings. The fourth-order valence-electron chi connectivity index (χ4n) is 1.98. The van der Waals surface area contributed by atoms with Crippen molar-refractivity contribution in [1.29, 1.82) is 0 Å². The van der Waals surface area contributed by atoms with Gasteiger partial charge in [0.05, 0.1) is 5.56 Å². The van der Waals surface area contributed by atoms with Crippen molar-refractivity contribution in [2.75, 3.05) is 7.05 Å². The van der Waals surface area contributed by atoms with Gasteiger partial charge in [-0.1, -0.05) is 41.4 Å². The van der Waals surface area contributed by atoms with Gasteiger partial charge < -0.3 is 10.0 Å². The number of nitrogens with zero attached hydrogens (tertiary/aromatic N) is 1. The highest BCUT2D eigenvalue weighted by molar-refractivity contribution is 6.31. The molecule has 4 heteroatoms. The van der Waals surface area contributed by atoms with Gasteiger partial charge in [-0.05, 0) is 30.7 Å². The largest absolute Gasteiger partial charge is 0.507 e. The molecule has 0 fully saturated rings. The third-order valence-electron chi connectivity index (χ3n) is 3.09. The van der Waals surface area contributed by atoms with Crippen molar-refractivity contribution >= 4 is 17.5 Å². The Labute approximate surface area is 123 Å². The molecule has 104 valence electrons. The number of amides is 1. The Balaban J connectivity index is 2.21. The lowest BCUT2D eigenvalue weighted by Crippen LogP contribution is -2.26. The monoisotopic (exact) mass is 289 g/mol. The van der Waals surface area contributed by atoms with Gasteiger partial charge in [0.2, 0.25) is 0 Å². The molecule has 0 heterocycles. The minimum atomic E-state index is -0.230. The summed E-state index contributed by atoms with van der Waals surface area (Å²) in [5.74, 6) is -0.238. The average Bonchev–Trinajstić information content (AvgIpc) is 2.43. The SMILES string of the molecule is Cc1ccc(O)c(C(=O)N(C)Cc2ccccc2Cl)c1. The fraction of sp³-hybridized carbons (Fsp3) is 0.188. The number of hydrogen-bond donors (Lipinski definition) is 1. The quantitative estimate of drug-likeness (QED) is 0.937. The molecule has 0 aliphatic carbocycles. The van der Waals surface area contributed by atoms with E-state index in [9.17, 15) is 9.90 Å². The van der Waals surface area contributed by atoms with Gasteiger partial charge in [-0.15, -0.1) is 0 Å². The highest BCUT2D eigenvalue weighted by Crippen LogP contribution is 2.22. The van der Waals surface area contributed by atoms with Crippen molar-refractivity contribution in [2.45, 2.75) is 13.5 Å². The van der Waals surface area contributed by atoms with E-state index in [-0.39, 0.29) is 11.7 Å². The molecular weight excluding hydrogens is 274 g/mol. The van der Waals surface area contributed by atoms with Crippen LogP contribution in [0.1, 0.15) is 21.5 Å². The summed E-state index contributed by atoms with van der Waals surface area (Å²) in [6, 6.07) is 12.4. The van der Waals surface area contributed by atoms with Gasteiger partial charge in [-0.2, -0.15) is 0 Å². The van der Waals surface area contributed by atoms with Crippen LogP contribution in [0, 0.1) is 6.92 Å². The Bertz CT molecular complexity index is 640. The fourth-order valence-corrected chi connectivity index (χ4v) is 2.18. The zero-order valence-corrected chi connectivity index (χ0v) is 12.2. The molecule has 3 nitrogen and oxygen atoms in total. The zero-order valence-electron chi connectivity index (χ0n) is 11.4. The second kappa shape index (κ2) is 5.97. The second-order valence-corrected chi connectivity index (χ2v) is 5.18. The van der Waals surface area contributed by atoms with Gasteiger partial charge in [0, 0.05) is 18.6 Å². The highest BCUT2D eigenvalue weighted by atomic mass is 35.5. The molecule has 0 aromatic heterocycles. The number of carbonyl (C=O) groups is 1. The predicted molar refractivity (Wildman–Crippen MR) is 80.1 cm³/mol. The van der Waals surface area contributed by atoms with Gasteiger partial charge in [-0.3, -0.25) is 4.79 Å². The van der Waals surface area contributed by atoms with Crippen LogP contribution in [0.25, 0.3) is 0 Å². The maximum absolute atomic E-state index is 12.4. The molecule has 1 N–H and O–H groups in total. The molecule has 0 aliphatic heterocycles. The molecule has 0 atom stereocenters. The van der Waals surface area contributed by atoms with Crippen molar-refractivity contribution in [2.24, 2.45) is 0 Å². The predicted octanol–water partition coefficient (Wildman–Crippen LogP) is 3.63. The van der Waals surface area contributed by atoms with E-state index in [1.54, 1.807) is 25.2 Å². The zero-order chi connectivity index (χ0) is 14.7. The Morgan fingerprint density at radius 3 is 2.65 bits per heavy atom. The first-order chi connectivity index (χ1) is 9.49. The Morgan fingerprint density at radius 1 is 1.25 bits per heavy atom. The summed E-state index contributed by atoms with van der Waals surface area (Å²) in [5.41, 5.74) is 2.11. The standard InChI is InChI=1S/C16H16ClNO2/c1-11-7-8-15(19)13(9-11)16(20)18(2)10-12-5-3-4-6-14(12)17/h3-9,19H,10H2,1-2H3. The number of aromatic hydroxyl groups is 1. The Morgan fingerprint density at radius 2 is 1.95 bits per heavy atom. The van der Waals surface area contributed by atoms with E-state index in [0.717, 1.165) is 11.1 Å². The smallest absolute Gasteiger partial charge is 0.257 e. The van der Waals surface area contributed by atoms with Gasteiger partial charge >= 0.3 is 0 Å². The lowest BCUT2D eigenvalue weighted by molar-refractivity contribution is 0.0782. The Kier molecular flexibility index (Phi) is 4.30. The summed E-state index contributed by atoms with van der Waals surface area (Å²) in [4.78, 5) is 13.9. The van der Waals surface area contributed by atoms with Crippen LogP contribution in [0.5, 0.6) is 5.75 Å². The summed E-state index contributed by atoms with van der Waals surface area (Å²) in [5, 5.41) is 10.4. The molecule has 0 aliphatic rings. The molecule has 2 rings (SSSR count). The second-order valence-electron chi connectivity index (χ2n) is 4.77. The number of halogens is 1. The molecule has 0 spiro atoms. The minimum Gasteiger partial charge on any atom is -0.507 e. The normalized spacial score (nSPS) is 10.3. The molecule has 1 amide bonds. The van der Waals surface area contributed by atoms with Gasteiger partial charge in [-0.25, -0.2) is 0 Å². The van der Waals surface area contributed by atoms with E-state index in [1.807, 2.05) is 25.1 Å². The van der Waals surface area contributed by atoms with Crippen LogP contribution in [0.2, 0.25) is 5.02 Å². The first-order valence-electron chi connectivity index (χ1n) is 6.27. The first kappa shape index (κ1) is 14.4. The number of rotatable bonds is 3. The number of aryl methyl sites for hydroxylation is 1. The summed E-state index contributed by atoms with van der Waals surface area (Å²) >= 11 is 6.09.